The van der Waals surface area contributed by atoms with E-state index >= 15 is 0 Å². The first-order valence-electron chi connectivity index (χ1n) is 18.8. The van der Waals surface area contributed by atoms with Gasteiger partial charge in [-0.2, -0.15) is 0 Å². The molecule has 0 bridgehead atoms. The molecule has 52 heavy (non-hydrogen) atoms. The molecule has 13 heteroatoms. The molecular weight excluding hydrogens is 730 g/mol. The zero-order valence-corrected chi connectivity index (χ0v) is 32.3. The summed E-state index contributed by atoms with van der Waals surface area (Å²) in [5, 5.41) is 13.1. The molecule has 0 aromatic heterocycles. The number of phenols is 1. The number of hydrogen-bond acceptors (Lipinski definition) is 8. The number of esters is 1. The van der Waals surface area contributed by atoms with Crippen LogP contribution in [0.15, 0.2) is 46.9 Å². The summed E-state index contributed by atoms with van der Waals surface area (Å²) in [6.07, 6.45) is 3.37. The largest absolute Gasteiger partial charge is 0.507 e. The Morgan fingerprint density at radius 3 is 2.44 bits per heavy atom. The van der Waals surface area contributed by atoms with Gasteiger partial charge in [-0.25, -0.2) is 9.59 Å². The van der Waals surface area contributed by atoms with Crippen molar-refractivity contribution in [3.63, 3.8) is 0 Å². The highest BCUT2D eigenvalue weighted by Crippen LogP contribution is 2.29. The van der Waals surface area contributed by atoms with Crippen molar-refractivity contribution in [3.05, 3.63) is 58.1 Å². The van der Waals surface area contributed by atoms with Crippen LogP contribution in [0.5, 0.6) is 5.75 Å². The number of fused-ring (bicyclic) bond motifs is 1. The lowest BCUT2D eigenvalue weighted by Crippen LogP contribution is -2.51. The summed E-state index contributed by atoms with van der Waals surface area (Å²) < 4.78 is 11.6. The molecule has 2 fully saturated rings. The van der Waals surface area contributed by atoms with E-state index in [1.54, 1.807) is 28.0 Å². The van der Waals surface area contributed by atoms with Crippen LogP contribution in [-0.4, -0.2) is 120 Å². The number of likely N-dealkylation sites (tertiary alicyclic amines) is 2. The van der Waals surface area contributed by atoms with Crippen LogP contribution in [0.2, 0.25) is 0 Å². The molecule has 284 valence electrons. The van der Waals surface area contributed by atoms with Gasteiger partial charge in [-0.05, 0) is 123 Å². The van der Waals surface area contributed by atoms with Crippen molar-refractivity contribution in [2.24, 2.45) is 11.8 Å². The van der Waals surface area contributed by atoms with E-state index in [1.165, 1.54) is 0 Å². The van der Waals surface area contributed by atoms with Gasteiger partial charge in [-0.3, -0.25) is 14.5 Å². The van der Waals surface area contributed by atoms with Crippen LogP contribution in [0.3, 0.4) is 0 Å². The Labute approximate surface area is 315 Å². The molecule has 2 N–H and O–H groups in total. The predicted molar refractivity (Wildman–Crippen MR) is 202 cm³/mol. The first-order chi connectivity index (χ1) is 25.1. The fourth-order valence-electron chi connectivity index (χ4n) is 7.66. The van der Waals surface area contributed by atoms with Gasteiger partial charge in [0.15, 0.2) is 6.10 Å². The minimum Gasteiger partial charge on any atom is -0.507 e. The Morgan fingerprint density at radius 2 is 1.75 bits per heavy atom. The van der Waals surface area contributed by atoms with Crippen molar-refractivity contribution in [2.45, 2.75) is 77.9 Å². The average molecular weight is 785 g/mol. The van der Waals surface area contributed by atoms with Crippen LogP contribution in [-0.2, 0) is 31.9 Å². The number of benzene rings is 2. The number of urea groups is 1. The van der Waals surface area contributed by atoms with Crippen molar-refractivity contribution >= 4 is 45.6 Å². The normalized spacial score (nSPS) is 18.5. The Morgan fingerprint density at radius 1 is 1.02 bits per heavy atom. The first kappa shape index (κ1) is 39.4. The highest BCUT2D eigenvalue weighted by atomic mass is 79.9. The van der Waals surface area contributed by atoms with Gasteiger partial charge in [-0.1, -0.05) is 31.2 Å². The van der Waals surface area contributed by atoms with Crippen molar-refractivity contribution in [1.82, 2.24) is 19.6 Å². The minimum atomic E-state index is -1.04. The highest BCUT2D eigenvalue weighted by molar-refractivity contribution is 9.10. The van der Waals surface area contributed by atoms with Gasteiger partial charge < -0.3 is 34.6 Å². The third-order valence-corrected chi connectivity index (χ3v) is 11.5. The number of halogens is 1. The van der Waals surface area contributed by atoms with Crippen LogP contribution in [0.25, 0.3) is 0 Å². The van der Waals surface area contributed by atoms with Crippen LogP contribution < -0.4 is 5.32 Å². The number of piperidine rings is 2. The summed E-state index contributed by atoms with van der Waals surface area (Å²) in [4.78, 5) is 60.3. The van der Waals surface area contributed by atoms with E-state index in [1.807, 2.05) is 43.0 Å². The summed E-state index contributed by atoms with van der Waals surface area (Å²) in [5.41, 5.74) is 2.71. The molecule has 5 rings (SSSR count). The molecule has 2 atom stereocenters. The third kappa shape index (κ3) is 10.4. The Bertz CT molecular complexity index is 1540. The number of aromatic hydroxyl groups is 1. The van der Waals surface area contributed by atoms with Gasteiger partial charge >= 0.3 is 18.1 Å². The number of carbonyl (C=O) groups is 4. The molecule has 0 aliphatic carbocycles. The van der Waals surface area contributed by atoms with Crippen molar-refractivity contribution in [2.75, 3.05) is 64.3 Å². The lowest BCUT2D eigenvalue weighted by Gasteiger charge is -2.38. The molecule has 12 nitrogen and oxygen atoms in total. The van der Waals surface area contributed by atoms with E-state index in [2.05, 4.69) is 33.1 Å². The number of amides is 4. The van der Waals surface area contributed by atoms with E-state index in [9.17, 15) is 24.3 Å². The quantitative estimate of drug-likeness (QED) is 0.240. The number of anilines is 1. The molecule has 2 saturated heterocycles. The maximum atomic E-state index is 14.1. The maximum Gasteiger partial charge on any atom is 0.410 e. The molecule has 3 aliphatic heterocycles. The second kappa shape index (κ2) is 18.8. The maximum absolute atomic E-state index is 14.1. The summed E-state index contributed by atoms with van der Waals surface area (Å²) in [5.74, 6) is 0.534. The van der Waals surface area contributed by atoms with Crippen molar-refractivity contribution in [1.29, 1.82) is 0 Å². The van der Waals surface area contributed by atoms with Crippen LogP contribution in [0.4, 0.5) is 15.3 Å². The fraction of sp³-hybridized carbons (Fsp3) is 0.590. The lowest BCUT2D eigenvalue weighted by molar-refractivity contribution is -0.144. The van der Waals surface area contributed by atoms with Crippen LogP contribution >= 0.6 is 15.9 Å². The van der Waals surface area contributed by atoms with Crippen LogP contribution in [0.1, 0.15) is 64.0 Å². The van der Waals surface area contributed by atoms with Gasteiger partial charge in [0.05, 0.1) is 17.6 Å². The number of rotatable bonds is 13. The predicted octanol–water partition coefficient (Wildman–Crippen LogP) is 5.91. The topological polar surface area (TPSA) is 132 Å². The number of nitrogens with zero attached hydrogens (tertiary/aromatic N) is 4. The number of ether oxygens (including phenoxy) is 2. The van der Waals surface area contributed by atoms with Crippen molar-refractivity contribution in [3.8, 4) is 5.75 Å². The molecule has 2 aromatic carbocycles. The Balaban J connectivity index is 1.17. The molecule has 0 radical (unpaired) electrons. The molecule has 3 heterocycles. The summed E-state index contributed by atoms with van der Waals surface area (Å²) in [6.45, 7) is 10.9. The Kier molecular flexibility index (Phi) is 14.2. The molecule has 2 aromatic rings. The smallest absolute Gasteiger partial charge is 0.410 e. The summed E-state index contributed by atoms with van der Waals surface area (Å²) >= 11 is 3.37. The molecule has 4 amide bonds. The van der Waals surface area contributed by atoms with Gasteiger partial charge in [0, 0.05) is 50.9 Å². The van der Waals surface area contributed by atoms with Gasteiger partial charge in [-0.15, -0.1) is 0 Å². The zero-order valence-electron chi connectivity index (χ0n) is 30.7. The number of likely N-dealkylation sites (N-methyl/N-ethyl adjacent to an activating group) is 1. The fourth-order valence-corrected chi connectivity index (χ4v) is 8.08. The van der Waals surface area contributed by atoms with Crippen LogP contribution in [0, 0.1) is 11.8 Å². The van der Waals surface area contributed by atoms with Gasteiger partial charge in [0.2, 0.25) is 0 Å². The number of nitrogens with one attached hydrogen (secondary N) is 1. The highest BCUT2D eigenvalue weighted by Gasteiger charge is 2.35. The van der Waals surface area contributed by atoms with E-state index < -0.39 is 12.2 Å². The molecule has 0 saturated carbocycles. The first-order valence-corrected chi connectivity index (χ1v) is 19.6. The minimum absolute atomic E-state index is 0.00693. The zero-order chi connectivity index (χ0) is 37.2. The van der Waals surface area contributed by atoms with Gasteiger partial charge in [0.1, 0.15) is 5.75 Å². The Hall–Kier alpha value is -3.84. The second-order valence-electron chi connectivity index (χ2n) is 14.2. The standard InChI is InChI=1S/C39H54BrN5O7/c1-4-43(20-12-27(3)29-13-18-42(19-14-29)26-36(47)51-5-2)37(48)35(25-28-10-11-34(46)32(40)24-28)52-39(50)44-21-16-31(17-22-44)45-23-15-30-8-6-7-9-33(30)41-38(45)49/h6-11,24,27,29,31,35,46H,4-5,12-23,25-26H2,1-3H3,(H,41,49)/t27?,35-/m1/s1. The monoisotopic (exact) mass is 783 g/mol. The number of para-hydroxylation sites is 1. The number of hydrogen-bond donors (Lipinski definition) is 2. The number of phenolic OH excluding ortho intramolecular Hbond substituents is 1. The summed E-state index contributed by atoms with van der Waals surface area (Å²) in [6, 6.07) is 12.8. The number of carbonyl (C=O) groups excluding carboxylic acids is 4. The molecule has 0 spiro atoms. The molecule has 3 aliphatic rings. The third-order valence-electron chi connectivity index (χ3n) is 10.9. The molecule has 1 unspecified atom stereocenters. The summed E-state index contributed by atoms with van der Waals surface area (Å²) in [7, 11) is 0. The van der Waals surface area contributed by atoms with E-state index in [0.29, 0.717) is 75.0 Å². The second-order valence-corrected chi connectivity index (χ2v) is 15.1. The van der Waals surface area contributed by atoms with E-state index in [0.717, 1.165) is 55.6 Å². The van der Waals surface area contributed by atoms with E-state index in [4.69, 9.17) is 9.47 Å². The molecular formula is C39H54BrN5O7. The van der Waals surface area contributed by atoms with Gasteiger partial charge in [0.25, 0.3) is 5.91 Å². The lowest BCUT2D eigenvalue weighted by atomic mass is 9.83. The SMILES string of the molecule is CCOC(=O)CN1CCC(C(C)CCN(CC)C(=O)[C@@H](Cc2ccc(O)c(Br)c2)OC(=O)N2CCC(N3CCc4ccccc4NC3=O)CC2)CC1. The average Bonchev–Trinajstić information content (AvgIpc) is 3.31. The van der Waals surface area contributed by atoms with E-state index in [-0.39, 0.29) is 36.1 Å². The van der Waals surface area contributed by atoms with Crippen molar-refractivity contribution < 1.29 is 33.8 Å².